The molecule has 2 unspecified atom stereocenters. The van der Waals surface area contributed by atoms with Crippen molar-refractivity contribution >= 4 is 5.91 Å². The van der Waals surface area contributed by atoms with Crippen molar-refractivity contribution in [2.45, 2.75) is 44.2 Å². The van der Waals surface area contributed by atoms with Crippen LogP contribution in [-0.4, -0.2) is 18.0 Å². The van der Waals surface area contributed by atoms with Crippen molar-refractivity contribution in [1.29, 1.82) is 0 Å². The first-order chi connectivity index (χ1) is 9.06. The molecular formula is C14H18F2N2O. The minimum Gasteiger partial charge on any atom is -0.352 e. The zero-order valence-corrected chi connectivity index (χ0v) is 10.7. The highest BCUT2D eigenvalue weighted by molar-refractivity contribution is 5.79. The van der Waals surface area contributed by atoms with Crippen LogP contribution in [0.15, 0.2) is 18.2 Å². The Morgan fingerprint density at radius 1 is 1.32 bits per heavy atom. The molecule has 0 spiro atoms. The van der Waals surface area contributed by atoms with Crippen molar-refractivity contribution in [3.8, 4) is 0 Å². The molecular weight excluding hydrogens is 250 g/mol. The van der Waals surface area contributed by atoms with Gasteiger partial charge in [0, 0.05) is 18.2 Å². The lowest BCUT2D eigenvalue weighted by Gasteiger charge is -2.29. The van der Waals surface area contributed by atoms with Crippen LogP contribution in [0.2, 0.25) is 0 Å². The molecule has 1 amide bonds. The lowest BCUT2D eigenvalue weighted by Crippen LogP contribution is -2.49. The highest BCUT2D eigenvalue weighted by Gasteiger charge is 2.23. The van der Waals surface area contributed by atoms with Crippen molar-refractivity contribution in [3.05, 3.63) is 35.4 Å². The summed E-state index contributed by atoms with van der Waals surface area (Å²) in [5.41, 5.74) is 6.13. The van der Waals surface area contributed by atoms with Gasteiger partial charge in [-0.05, 0) is 24.5 Å². The highest BCUT2D eigenvalue weighted by Crippen LogP contribution is 2.17. The van der Waals surface area contributed by atoms with E-state index >= 15 is 0 Å². The number of rotatable bonds is 3. The molecule has 5 heteroatoms. The van der Waals surface area contributed by atoms with E-state index in [2.05, 4.69) is 5.32 Å². The van der Waals surface area contributed by atoms with Gasteiger partial charge in [-0.15, -0.1) is 0 Å². The van der Waals surface area contributed by atoms with Crippen LogP contribution in [0.25, 0.3) is 0 Å². The molecule has 0 saturated heterocycles. The Bertz CT molecular complexity index is 465. The van der Waals surface area contributed by atoms with Gasteiger partial charge in [0.15, 0.2) is 0 Å². The molecule has 0 aromatic heterocycles. The molecule has 1 saturated carbocycles. The number of carbonyl (C=O) groups excluding carboxylic acids is 1. The number of carbonyl (C=O) groups is 1. The van der Waals surface area contributed by atoms with E-state index in [1.807, 2.05) is 0 Å². The fourth-order valence-corrected chi connectivity index (χ4v) is 2.43. The number of hydrogen-bond acceptors (Lipinski definition) is 2. The second-order valence-electron chi connectivity index (χ2n) is 5.03. The number of benzene rings is 1. The average Bonchev–Trinajstić information content (AvgIpc) is 2.36. The van der Waals surface area contributed by atoms with Gasteiger partial charge in [0.1, 0.15) is 11.6 Å². The molecule has 1 fully saturated rings. The smallest absolute Gasteiger partial charge is 0.224 e. The topological polar surface area (TPSA) is 55.1 Å². The third-order valence-electron chi connectivity index (χ3n) is 3.53. The summed E-state index contributed by atoms with van der Waals surface area (Å²) < 4.78 is 26.2. The van der Waals surface area contributed by atoms with Gasteiger partial charge in [-0.25, -0.2) is 8.78 Å². The lowest BCUT2D eigenvalue weighted by atomic mass is 9.91. The molecule has 3 nitrogen and oxygen atoms in total. The molecule has 0 heterocycles. The molecule has 1 aliphatic carbocycles. The first-order valence-corrected chi connectivity index (χ1v) is 6.55. The summed E-state index contributed by atoms with van der Waals surface area (Å²) in [6, 6.07) is 3.17. The van der Waals surface area contributed by atoms with Crippen LogP contribution in [0.1, 0.15) is 31.2 Å². The summed E-state index contributed by atoms with van der Waals surface area (Å²) in [4.78, 5) is 11.8. The van der Waals surface area contributed by atoms with Crippen molar-refractivity contribution in [2.75, 3.05) is 0 Å². The van der Waals surface area contributed by atoms with E-state index < -0.39 is 11.6 Å². The first kappa shape index (κ1) is 13.9. The number of amides is 1. The second-order valence-corrected chi connectivity index (χ2v) is 5.03. The van der Waals surface area contributed by atoms with Crippen LogP contribution < -0.4 is 11.1 Å². The predicted octanol–water partition coefficient (Wildman–Crippen LogP) is 1.89. The van der Waals surface area contributed by atoms with E-state index in [0.717, 1.165) is 37.8 Å². The summed E-state index contributed by atoms with van der Waals surface area (Å²) in [5, 5.41) is 2.83. The van der Waals surface area contributed by atoms with Gasteiger partial charge in [0.2, 0.25) is 5.91 Å². The number of nitrogens with one attached hydrogen (secondary N) is 1. The van der Waals surface area contributed by atoms with E-state index in [-0.39, 0.29) is 30.0 Å². The van der Waals surface area contributed by atoms with Crippen LogP contribution >= 0.6 is 0 Å². The number of hydrogen-bond donors (Lipinski definition) is 2. The van der Waals surface area contributed by atoms with Gasteiger partial charge in [-0.2, -0.15) is 0 Å². The highest BCUT2D eigenvalue weighted by atomic mass is 19.1. The van der Waals surface area contributed by atoms with Gasteiger partial charge in [-0.1, -0.05) is 18.9 Å². The molecule has 2 rings (SSSR count). The Morgan fingerprint density at radius 3 is 2.74 bits per heavy atom. The summed E-state index contributed by atoms with van der Waals surface area (Å²) in [6.07, 6.45) is 3.80. The van der Waals surface area contributed by atoms with E-state index in [1.165, 1.54) is 6.07 Å². The Hall–Kier alpha value is -1.49. The van der Waals surface area contributed by atoms with Crippen LogP contribution in [0, 0.1) is 11.6 Å². The maximum absolute atomic E-state index is 13.4. The maximum Gasteiger partial charge on any atom is 0.224 e. The number of nitrogens with two attached hydrogens (primary N) is 1. The largest absolute Gasteiger partial charge is 0.352 e. The molecule has 0 aliphatic heterocycles. The summed E-state index contributed by atoms with van der Waals surface area (Å²) in [5.74, 6) is -1.60. The quantitative estimate of drug-likeness (QED) is 0.879. The number of halogens is 2. The summed E-state index contributed by atoms with van der Waals surface area (Å²) in [6.45, 7) is 0. The van der Waals surface area contributed by atoms with Gasteiger partial charge in [0.25, 0.3) is 0 Å². The molecule has 0 radical (unpaired) electrons. The van der Waals surface area contributed by atoms with Crippen LogP contribution in [0.4, 0.5) is 8.78 Å². The van der Waals surface area contributed by atoms with E-state index in [9.17, 15) is 13.6 Å². The molecule has 3 N–H and O–H groups in total. The zero-order valence-electron chi connectivity index (χ0n) is 10.7. The molecule has 19 heavy (non-hydrogen) atoms. The van der Waals surface area contributed by atoms with Crippen LogP contribution in [-0.2, 0) is 11.2 Å². The van der Waals surface area contributed by atoms with Crippen molar-refractivity contribution < 1.29 is 13.6 Å². The van der Waals surface area contributed by atoms with Gasteiger partial charge >= 0.3 is 0 Å². The standard InChI is InChI=1S/C14H18F2N2O/c15-10-6-5-9(11(16)8-10)7-14(19)18-13-4-2-1-3-12(13)17/h5-6,8,12-13H,1-4,7,17H2,(H,18,19). The minimum atomic E-state index is -0.692. The fourth-order valence-electron chi connectivity index (χ4n) is 2.43. The Labute approximate surface area is 111 Å². The summed E-state index contributed by atoms with van der Waals surface area (Å²) >= 11 is 0. The molecule has 1 aromatic carbocycles. The third kappa shape index (κ3) is 3.73. The first-order valence-electron chi connectivity index (χ1n) is 6.55. The maximum atomic E-state index is 13.4. The minimum absolute atomic E-state index is 0.0317. The van der Waals surface area contributed by atoms with E-state index in [4.69, 9.17) is 5.73 Å². The van der Waals surface area contributed by atoms with Crippen LogP contribution in [0.3, 0.4) is 0 Å². The van der Waals surface area contributed by atoms with Gasteiger partial charge in [0.05, 0.1) is 6.42 Å². The Kier molecular flexibility index (Phi) is 4.47. The van der Waals surface area contributed by atoms with Crippen molar-refractivity contribution in [1.82, 2.24) is 5.32 Å². The van der Waals surface area contributed by atoms with Crippen molar-refractivity contribution in [3.63, 3.8) is 0 Å². The van der Waals surface area contributed by atoms with Gasteiger partial charge < -0.3 is 11.1 Å². The van der Waals surface area contributed by atoms with Crippen LogP contribution in [0.5, 0.6) is 0 Å². The Balaban J connectivity index is 1.93. The molecule has 2 atom stereocenters. The monoisotopic (exact) mass is 268 g/mol. The average molecular weight is 268 g/mol. The summed E-state index contributed by atoms with van der Waals surface area (Å²) in [7, 11) is 0. The van der Waals surface area contributed by atoms with Crippen molar-refractivity contribution in [2.24, 2.45) is 5.73 Å². The molecule has 1 aliphatic rings. The second kappa shape index (κ2) is 6.10. The van der Waals surface area contributed by atoms with E-state index in [1.54, 1.807) is 0 Å². The van der Waals surface area contributed by atoms with Gasteiger partial charge in [-0.3, -0.25) is 4.79 Å². The molecule has 104 valence electrons. The predicted molar refractivity (Wildman–Crippen MR) is 68.4 cm³/mol. The Morgan fingerprint density at radius 2 is 2.05 bits per heavy atom. The molecule has 1 aromatic rings. The molecule has 0 bridgehead atoms. The normalized spacial score (nSPS) is 23.1. The van der Waals surface area contributed by atoms with E-state index in [0.29, 0.717) is 0 Å². The lowest BCUT2D eigenvalue weighted by molar-refractivity contribution is -0.121. The third-order valence-corrected chi connectivity index (χ3v) is 3.53. The fraction of sp³-hybridized carbons (Fsp3) is 0.500. The zero-order chi connectivity index (χ0) is 13.8. The SMILES string of the molecule is NC1CCCCC1NC(=O)Cc1ccc(F)cc1F.